The van der Waals surface area contributed by atoms with Crippen molar-refractivity contribution in [2.24, 2.45) is 0 Å². The average molecular weight is 401 g/mol. The fourth-order valence-corrected chi connectivity index (χ4v) is 2.93. The van der Waals surface area contributed by atoms with E-state index in [4.69, 9.17) is 16.3 Å². The van der Waals surface area contributed by atoms with Crippen LogP contribution >= 0.6 is 11.6 Å². The topological polar surface area (TPSA) is 91.7 Å². The number of halogens is 1. The van der Waals surface area contributed by atoms with Crippen LogP contribution in [0, 0.1) is 0 Å². The second kappa shape index (κ2) is 9.50. The van der Waals surface area contributed by atoms with Crippen molar-refractivity contribution < 1.29 is 19.7 Å². The third-order valence-corrected chi connectivity index (χ3v) is 4.52. The first-order valence-electron chi connectivity index (χ1n) is 8.90. The summed E-state index contributed by atoms with van der Waals surface area (Å²) in [4.78, 5) is 15.9. The van der Waals surface area contributed by atoms with Crippen molar-refractivity contribution >= 4 is 28.6 Å². The van der Waals surface area contributed by atoms with Crippen molar-refractivity contribution in [2.45, 2.75) is 25.2 Å². The molecule has 0 radical (unpaired) electrons. The zero-order valence-corrected chi connectivity index (χ0v) is 15.8. The Hall–Kier alpha value is -2.67. The third kappa shape index (κ3) is 5.42. The van der Waals surface area contributed by atoms with E-state index < -0.39 is 18.3 Å². The van der Waals surface area contributed by atoms with Gasteiger partial charge in [-0.3, -0.25) is 0 Å². The second-order valence-electron chi connectivity index (χ2n) is 6.38. The summed E-state index contributed by atoms with van der Waals surface area (Å²) < 4.78 is 5.10. The van der Waals surface area contributed by atoms with Gasteiger partial charge in [-0.2, -0.15) is 0 Å². The fraction of sp³-hybridized carbons (Fsp3) is 0.238. The molecule has 0 fully saturated rings. The number of aliphatic hydroxyl groups is 2. The van der Waals surface area contributed by atoms with E-state index >= 15 is 0 Å². The standard InChI is InChI=1S/C21H21ClN2O4/c22-19-9-7-15-12-16(6-8-17(15)24-19)20(26)18(25)10-11-23-21(27)28-13-14-4-2-1-3-5-14/h1-9,12,18,20,25-26H,10-11,13H2,(H,23,27). The quantitative estimate of drug-likeness (QED) is 0.527. The maximum absolute atomic E-state index is 11.7. The molecule has 28 heavy (non-hydrogen) atoms. The number of hydrogen-bond acceptors (Lipinski definition) is 5. The fourth-order valence-electron chi connectivity index (χ4n) is 2.78. The first-order valence-corrected chi connectivity index (χ1v) is 9.27. The Morgan fingerprint density at radius 1 is 1.11 bits per heavy atom. The molecule has 3 N–H and O–H groups in total. The van der Waals surface area contributed by atoms with Crippen LogP contribution in [0.1, 0.15) is 23.7 Å². The molecule has 1 heterocycles. The molecule has 6 nitrogen and oxygen atoms in total. The van der Waals surface area contributed by atoms with Crippen molar-refractivity contribution in [2.75, 3.05) is 6.54 Å². The van der Waals surface area contributed by atoms with E-state index in [1.165, 1.54) is 0 Å². The molecule has 0 bridgehead atoms. The summed E-state index contributed by atoms with van der Waals surface area (Å²) in [5.74, 6) is 0. The summed E-state index contributed by atoms with van der Waals surface area (Å²) in [5.41, 5.74) is 2.16. The van der Waals surface area contributed by atoms with Crippen molar-refractivity contribution in [3.8, 4) is 0 Å². The normalized spacial score (nSPS) is 13.1. The number of rotatable bonds is 7. The van der Waals surface area contributed by atoms with Crippen molar-refractivity contribution in [3.05, 3.63) is 76.9 Å². The van der Waals surface area contributed by atoms with Crippen LogP contribution in [-0.4, -0.2) is 33.9 Å². The van der Waals surface area contributed by atoms with E-state index in [0.717, 1.165) is 10.9 Å². The highest BCUT2D eigenvalue weighted by molar-refractivity contribution is 6.29. The number of aliphatic hydroxyl groups excluding tert-OH is 2. The largest absolute Gasteiger partial charge is 0.445 e. The van der Waals surface area contributed by atoms with E-state index in [9.17, 15) is 15.0 Å². The number of hydrogen-bond donors (Lipinski definition) is 3. The van der Waals surface area contributed by atoms with Gasteiger partial charge in [-0.25, -0.2) is 9.78 Å². The Balaban J connectivity index is 1.47. The Morgan fingerprint density at radius 2 is 1.89 bits per heavy atom. The van der Waals surface area contributed by atoms with E-state index in [1.807, 2.05) is 30.3 Å². The molecule has 7 heteroatoms. The van der Waals surface area contributed by atoms with Crippen LogP contribution in [0.15, 0.2) is 60.7 Å². The van der Waals surface area contributed by atoms with E-state index in [2.05, 4.69) is 10.3 Å². The van der Waals surface area contributed by atoms with Gasteiger partial charge in [-0.1, -0.05) is 48.0 Å². The molecule has 0 aliphatic rings. The minimum Gasteiger partial charge on any atom is -0.445 e. The van der Waals surface area contributed by atoms with Gasteiger partial charge in [0.1, 0.15) is 17.9 Å². The lowest BCUT2D eigenvalue weighted by Gasteiger charge is -2.18. The predicted molar refractivity (Wildman–Crippen MR) is 107 cm³/mol. The van der Waals surface area contributed by atoms with Gasteiger partial charge < -0.3 is 20.3 Å². The van der Waals surface area contributed by atoms with Gasteiger partial charge >= 0.3 is 6.09 Å². The highest BCUT2D eigenvalue weighted by Crippen LogP contribution is 2.24. The number of alkyl carbamates (subject to hydrolysis) is 1. The van der Waals surface area contributed by atoms with Crippen LogP contribution in [0.2, 0.25) is 5.15 Å². The highest BCUT2D eigenvalue weighted by atomic mass is 35.5. The van der Waals surface area contributed by atoms with Crippen molar-refractivity contribution in [1.82, 2.24) is 10.3 Å². The Bertz CT molecular complexity index is 936. The van der Waals surface area contributed by atoms with Gasteiger partial charge in [-0.05, 0) is 41.8 Å². The summed E-state index contributed by atoms with van der Waals surface area (Å²) in [5, 5.41) is 24.4. The molecular formula is C21H21ClN2O4. The zero-order chi connectivity index (χ0) is 19.9. The lowest BCUT2D eigenvalue weighted by molar-refractivity contribution is 0.0137. The molecule has 2 unspecified atom stereocenters. The highest BCUT2D eigenvalue weighted by Gasteiger charge is 2.19. The molecule has 2 aromatic carbocycles. The summed E-state index contributed by atoms with van der Waals surface area (Å²) in [7, 11) is 0. The number of nitrogens with zero attached hydrogens (tertiary/aromatic N) is 1. The maximum Gasteiger partial charge on any atom is 0.407 e. The number of nitrogens with one attached hydrogen (secondary N) is 1. The predicted octanol–water partition coefficient (Wildman–Crippen LogP) is 3.60. The summed E-state index contributed by atoms with van der Waals surface area (Å²) in [6.07, 6.45) is -2.51. The van der Waals surface area contributed by atoms with Crippen LogP contribution in [0.25, 0.3) is 10.9 Å². The minimum absolute atomic E-state index is 0.174. The molecular weight excluding hydrogens is 380 g/mol. The molecule has 1 amide bonds. The van der Waals surface area contributed by atoms with Gasteiger partial charge in [0.25, 0.3) is 0 Å². The Labute approximate surface area is 167 Å². The summed E-state index contributed by atoms with van der Waals surface area (Å²) in [6.45, 7) is 0.351. The lowest BCUT2D eigenvalue weighted by atomic mass is 10.0. The number of carbonyl (C=O) groups excluding carboxylic acids is 1. The maximum atomic E-state index is 11.7. The van der Waals surface area contributed by atoms with Crippen LogP contribution in [0.3, 0.4) is 0 Å². The number of amides is 1. The van der Waals surface area contributed by atoms with E-state index in [0.29, 0.717) is 16.2 Å². The van der Waals surface area contributed by atoms with E-state index in [-0.39, 0.29) is 19.6 Å². The average Bonchev–Trinajstić information content (AvgIpc) is 2.72. The van der Waals surface area contributed by atoms with Crippen LogP contribution in [0.5, 0.6) is 0 Å². The molecule has 0 saturated carbocycles. The second-order valence-corrected chi connectivity index (χ2v) is 6.76. The molecule has 0 saturated heterocycles. The molecule has 1 aromatic heterocycles. The minimum atomic E-state index is -1.08. The number of aromatic nitrogens is 1. The number of benzene rings is 2. The molecule has 0 aliphatic carbocycles. The lowest BCUT2D eigenvalue weighted by Crippen LogP contribution is -2.29. The van der Waals surface area contributed by atoms with Gasteiger partial charge in [-0.15, -0.1) is 0 Å². The van der Waals surface area contributed by atoms with Gasteiger partial charge in [0.05, 0.1) is 11.6 Å². The van der Waals surface area contributed by atoms with Crippen LogP contribution in [-0.2, 0) is 11.3 Å². The first kappa shape index (κ1) is 20.1. The molecule has 146 valence electrons. The van der Waals surface area contributed by atoms with Crippen molar-refractivity contribution in [3.63, 3.8) is 0 Å². The molecule has 0 spiro atoms. The van der Waals surface area contributed by atoms with Crippen LogP contribution in [0.4, 0.5) is 4.79 Å². The molecule has 0 aliphatic heterocycles. The molecule has 3 aromatic rings. The Kier molecular flexibility index (Phi) is 6.81. The van der Waals surface area contributed by atoms with Crippen molar-refractivity contribution in [1.29, 1.82) is 0 Å². The van der Waals surface area contributed by atoms with Crippen LogP contribution < -0.4 is 5.32 Å². The third-order valence-electron chi connectivity index (χ3n) is 4.31. The molecule has 3 rings (SSSR count). The van der Waals surface area contributed by atoms with E-state index in [1.54, 1.807) is 30.3 Å². The van der Waals surface area contributed by atoms with Gasteiger partial charge in [0.2, 0.25) is 0 Å². The number of ether oxygens (including phenoxy) is 1. The number of pyridine rings is 1. The molecule has 2 atom stereocenters. The van der Waals surface area contributed by atoms with Gasteiger partial charge in [0.15, 0.2) is 0 Å². The smallest absolute Gasteiger partial charge is 0.407 e. The monoisotopic (exact) mass is 400 g/mol. The SMILES string of the molecule is O=C(NCCC(O)C(O)c1ccc2nc(Cl)ccc2c1)OCc1ccccc1. The summed E-state index contributed by atoms with van der Waals surface area (Å²) >= 11 is 5.87. The summed E-state index contributed by atoms with van der Waals surface area (Å²) in [6, 6.07) is 18.0. The number of fused-ring (bicyclic) bond motifs is 1. The number of carbonyl (C=O) groups is 1. The zero-order valence-electron chi connectivity index (χ0n) is 15.1. The van der Waals surface area contributed by atoms with Gasteiger partial charge in [0, 0.05) is 11.9 Å². The first-order chi connectivity index (χ1) is 13.5. The Morgan fingerprint density at radius 3 is 2.68 bits per heavy atom.